The molecule has 2 rings (SSSR count). The third-order valence-electron chi connectivity index (χ3n) is 4.41. The van der Waals surface area contributed by atoms with E-state index in [1.54, 1.807) is 12.1 Å². The van der Waals surface area contributed by atoms with Crippen molar-refractivity contribution in [2.24, 2.45) is 5.92 Å². The van der Waals surface area contributed by atoms with Crippen LogP contribution in [0.25, 0.3) is 0 Å². The Hall–Kier alpha value is -1.65. The number of hydrogen-bond acceptors (Lipinski definition) is 4. The third kappa shape index (κ3) is 7.11. The van der Waals surface area contributed by atoms with Crippen molar-refractivity contribution < 1.29 is 26.4 Å². The van der Waals surface area contributed by atoms with Crippen LogP contribution in [-0.2, 0) is 14.8 Å². The van der Waals surface area contributed by atoms with E-state index in [4.69, 9.17) is 0 Å². The van der Waals surface area contributed by atoms with Gasteiger partial charge in [0.05, 0.1) is 11.4 Å². The van der Waals surface area contributed by atoms with Crippen LogP contribution in [0.2, 0.25) is 0 Å². The van der Waals surface area contributed by atoms with Crippen LogP contribution in [0.4, 0.5) is 13.2 Å². The zero-order valence-corrected chi connectivity index (χ0v) is 15.9. The number of carbonyl (C=O) groups is 1. The summed E-state index contributed by atoms with van der Waals surface area (Å²) in [4.78, 5) is 13.5. The van der Waals surface area contributed by atoms with E-state index in [0.717, 1.165) is 5.56 Å². The van der Waals surface area contributed by atoms with Crippen molar-refractivity contribution in [3.05, 3.63) is 29.8 Å². The first-order chi connectivity index (χ1) is 12.6. The van der Waals surface area contributed by atoms with Crippen LogP contribution in [-0.4, -0.2) is 58.1 Å². The summed E-state index contributed by atoms with van der Waals surface area (Å²) in [5.74, 6) is -0.598. The molecule has 1 aliphatic rings. The van der Waals surface area contributed by atoms with E-state index in [-0.39, 0.29) is 42.9 Å². The number of hydrogen-bond donors (Lipinski definition) is 2. The molecule has 0 unspecified atom stereocenters. The normalized spacial score (nSPS) is 17.0. The quantitative estimate of drug-likeness (QED) is 0.674. The molecule has 0 atom stereocenters. The number of rotatable bonds is 7. The Labute approximate surface area is 157 Å². The molecule has 10 heteroatoms. The molecule has 0 aliphatic carbocycles. The zero-order valence-electron chi connectivity index (χ0n) is 15.1. The predicted octanol–water partition coefficient (Wildman–Crippen LogP) is 1.66. The van der Waals surface area contributed by atoms with Gasteiger partial charge in [-0.2, -0.15) is 13.2 Å². The van der Waals surface area contributed by atoms with Crippen LogP contribution in [0.15, 0.2) is 29.2 Å². The zero-order chi connectivity index (χ0) is 20.1. The van der Waals surface area contributed by atoms with E-state index in [2.05, 4.69) is 10.0 Å². The number of alkyl halides is 3. The highest BCUT2D eigenvalue weighted by atomic mass is 32.2. The lowest BCUT2D eigenvalue weighted by Gasteiger charge is -2.31. The van der Waals surface area contributed by atoms with Gasteiger partial charge in [0.2, 0.25) is 15.9 Å². The summed E-state index contributed by atoms with van der Waals surface area (Å²) < 4.78 is 63.7. The van der Waals surface area contributed by atoms with Gasteiger partial charge in [-0.1, -0.05) is 17.7 Å². The SMILES string of the molecule is Cc1ccc(S(=O)(=O)NCCNC(=O)C2CCN(CC(F)(F)F)CC2)cc1. The standard InChI is InChI=1S/C17H24F3N3O3S/c1-13-2-4-15(5-3-13)27(25,26)22-9-8-21-16(24)14-6-10-23(11-7-14)12-17(18,19)20/h2-5,14,22H,6-12H2,1H3,(H,21,24). The third-order valence-corrected chi connectivity index (χ3v) is 5.89. The van der Waals surface area contributed by atoms with Crippen molar-refractivity contribution in [2.45, 2.75) is 30.8 Å². The summed E-state index contributed by atoms with van der Waals surface area (Å²) in [5, 5.41) is 2.64. The van der Waals surface area contributed by atoms with E-state index in [0.29, 0.717) is 12.8 Å². The number of aryl methyl sites for hydroxylation is 1. The van der Waals surface area contributed by atoms with Gasteiger partial charge in [-0.25, -0.2) is 13.1 Å². The molecule has 6 nitrogen and oxygen atoms in total. The maximum atomic E-state index is 12.4. The largest absolute Gasteiger partial charge is 0.401 e. The van der Waals surface area contributed by atoms with Crippen molar-refractivity contribution in [3.63, 3.8) is 0 Å². The van der Waals surface area contributed by atoms with Crippen LogP contribution >= 0.6 is 0 Å². The molecule has 1 amide bonds. The van der Waals surface area contributed by atoms with E-state index >= 15 is 0 Å². The lowest BCUT2D eigenvalue weighted by Crippen LogP contribution is -2.44. The van der Waals surface area contributed by atoms with Gasteiger partial charge in [-0.3, -0.25) is 9.69 Å². The van der Waals surface area contributed by atoms with Crippen LogP contribution in [0.3, 0.4) is 0 Å². The highest BCUT2D eigenvalue weighted by Gasteiger charge is 2.33. The van der Waals surface area contributed by atoms with Crippen LogP contribution in [0.5, 0.6) is 0 Å². The minimum atomic E-state index is -4.23. The van der Waals surface area contributed by atoms with Gasteiger partial charge in [-0.05, 0) is 45.0 Å². The van der Waals surface area contributed by atoms with Crippen molar-refractivity contribution in [1.82, 2.24) is 14.9 Å². The molecule has 152 valence electrons. The summed E-state index contributed by atoms with van der Waals surface area (Å²) in [7, 11) is -3.64. The minimum absolute atomic E-state index is 0.0366. The van der Waals surface area contributed by atoms with Gasteiger partial charge in [0.1, 0.15) is 0 Å². The van der Waals surface area contributed by atoms with E-state index in [1.807, 2.05) is 6.92 Å². The molecule has 0 saturated carbocycles. The van der Waals surface area contributed by atoms with E-state index < -0.39 is 22.7 Å². The topological polar surface area (TPSA) is 78.5 Å². The number of sulfonamides is 1. The predicted molar refractivity (Wildman–Crippen MR) is 94.6 cm³/mol. The molecule has 27 heavy (non-hydrogen) atoms. The Morgan fingerprint density at radius 2 is 1.74 bits per heavy atom. The first-order valence-corrected chi connectivity index (χ1v) is 10.2. The molecular formula is C17H24F3N3O3S. The molecule has 1 aromatic rings. The van der Waals surface area contributed by atoms with E-state index in [1.165, 1.54) is 17.0 Å². The van der Waals surface area contributed by atoms with Crippen LogP contribution in [0.1, 0.15) is 18.4 Å². The first kappa shape index (κ1) is 21.6. The summed E-state index contributed by atoms with van der Waals surface area (Å²) in [6, 6.07) is 6.40. The number of nitrogens with one attached hydrogen (secondary N) is 2. The fourth-order valence-electron chi connectivity index (χ4n) is 2.92. The lowest BCUT2D eigenvalue weighted by molar-refractivity contribution is -0.149. The van der Waals surface area contributed by atoms with E-state index in [9.17, 15) is 26.4 Å². The Morgan fingerprint density at radius 3 is 2.30 bits per heavy atom. The highest BCUT2D eigenvalue weighted by Crippen LogP contribution is 2.22. The summed E-state index contributed by atoms with van der Waals surface area (Å²) in [5.41, 5.74) is 0.947. The van der Waals surface area contributed by atoms with Crippen molar-refractivity contribution >= 4 is 15.9 Å². The summed E-state index contributed by atoms with van der Waals surface area (Å²) in [6.45, 7) is 1.49. The average Bonchev–Trinajstić information content (AvgIpc) is 2.58. The molecule has 1 fully saturated rings. The Balaban J connectivity index is 1.70. The monoisotopic (exact) mass is 407 g/mol. The molecule has 0 bridgehead atoms. The smallest absolute Gasteiger partial charge is 0.355 e. The van der Waals surface area contributed by atoms with Crippen molar-refractivity contribution in [3.8, 4) is 0 Å². The molecule has 1 aromatic carbocycles. The molecule has 1 heterocycles. The number of benzene rings is 1. The fraction of sp³-hybridized carbons (Fsp3) is 0.588. The summed E-state index contributed by atoms with van der Waals surface area (Å²) in [6.07, 6.45) is -3.52. The van der Waals surface area contributed by atoms with Crippen LogP contribution in [0, 0.1) is 12.8 Å². The number of carbonyl (C=O) groups excluding carboxylic acids is 1. The van der Waals surface area contributed by atoms with Crippen molar-refractivity contribution in [2.75, 3.05) is 32.7 Å². The second-order valence-corrected chi connectivity index (χ2v) is 8.43. The van der Waals surface area contributed by atoms with Gasteiger partial charge in [-0.15, -0.1) is 0 Å². The summed E-state index contributed by atoms with van der Waals surface area (Å²) >= 11 is 0. The molecule has 1 aliphatic heterocycles. The molecule has 1 saturated heterocycles. The number of piperidine rings is 1. The fourth-order valence-corrected chi connectivity index (χ4v) is 3.95. The van der Waals surface area contributed by atoms with Gasteiger partial charge in [0.25, 0.3) is 0 Å². The number of halogens is 3. The molecule has 0 aromatic heterocycles. The second-order valence-electron chi connectivity index (χ2n) is 6.67. The Kier molecular flexibility index (Phi) is 7.24. The van der Waals surface area contributed by atoms with Gasteiger partial charge < -0.3 is 5.32 Å². The number of likely N-dealkylation sites (tertiary alicyclic amines) is 1. The minimum Gasteiger partial charge on any atom is -0.355 e. The number of nitrogens with zero attached hydrogens (tertiary/aromatic N) is 1. The van der Waals surface area contributed by atoms with Gasteiger partial charge in [0, 0.05) is 19.0 Å². The number of amides is 1. The second kappa shape index (κ2) is 9.03. The van der Waals surface area contributed by atoms with Crippen LogP contribution < -0.4 is 10.0 Å². The first-order valence-electron chi connectivity index (χ1n) is 8.70. The lowest BCUT2D eigenvalue weighted by atomic mass is 9.96. The molecule has 0 spiro atoms. The maximum Gasteiger partial charge on any atom is 0.401 e. The molecule has 2 N–H and O–H groups in total. The highest BCUT2D eigenvalue weighted by molar-refractivity contribution is 7.89. The average molecular weight is 407 g/mol. The van der Waals surface area contributed by atoms with Crippen molar-refractivity contribution in [1.29, 1.82) is 0 Å². The molecule has 0 radical (unpaired) electrons. The Bertz CT molecular complexity index is 728. The Morgan fingerprint density at radius 1 is 1.15 bits per heavy atom. The molecular weight excluding hydrogens is 383 g/mol. The maximum absolute atomic E-state index is 12.4. The van der Waals surface area contributed by atoms with Gasteiger partial charge in [0.15, 0.2) is 0 Å². The van der Waals surface area contributed by atoms with Gasteiger partial charge >= 0.3 is 6.18 Å².